The van der Waals surface area contributed by atoms with Crippen LogP contribution in [0.4, 0.5) is 4.39 Å². The van der Waals surface area contributed by atoms with Crippen LogP contribution in [0.2, 0.25) is 0 Å². The molecule has 1 aromatic rings. The maximum atomic E-state index is 13.2. The molecule has 1 aliphatic heterocycles. The van der Waals surface area contributed by atoms with Crippen LogP contribution in [0.5, 0.6) is 0 Å². The van der Waals surface area contributed by atoms with Crippen molar-refractivity contribution in [1.29, 1.82) is 0 Å². The van der Waals surface area contributed by atoms with E-state index >= 15 is 0 Å². The van der Waals surface area contributed by atoms with Gasteiger partial charge in [0.25, 0.3) is 0 Å². The molecule has 0 aromatic heterocycles. The molecule has 0 bridgehead atoms. The van der Waals surface area contributed by atoms with Crippen LogP contribution in [0.15, 0.2) is 24.3 Å². The van der Waals surface area contributed by atoms with Gasteiger partial charge in [-0.25, -0.2) is 4.39 Å². The number of nitrogens with two attached hydrogens (primary N) is 1. The molecule has 0 radical (unpaired) electrons. The lowest BCUT2D eigenvalue weighted by molar-refractivity contribution is -0.173. The fourth-order valence-corrected chi connectivity index (χ4v) is 3.21. The summed E-state index contributed by atoms with van der Waals surface area (Å²) in [6, 6.07) is 5.62. The van der Waals surface area contributed by atoms with Gasteiger partial charge in [-0.15, -0.1) is 12.4 Å². The summed E-state index contributed by atoms with van der Waals surface area (Å²) in [6.45, 7) is 5.25. The molecule has 1 aliphatic rings. The number of carbonyl (C=O) groups excluding carboxylic acids is 2. The van der Waals surface area contributed by atoms with E-state index in [1.807, 2.05) is 0 Å². The van der Waals surface area contributed by atoms with Crippen molar-refractivity contribution in [3.63, 3.8) is 0 Å². The van der Waals surface area contributed by atoms with Crippen LogP contribution in [0.25, 0.3) is 0 Å². The van der Waals surface area contributed by atoms with E-state index in [9.17, 15) is 14.0 Å². The van der Waals surface area contributed by atoms with Gasteiger partial charge in [-0.1, -0.05) is 32.4 Å². The van der Waals surface area contributed by atoms with Gasteiger partial charge in [-0.2, -0.15) is 0 Å². The van der Waals surface area contributed by atoms with Crippen molar-refractivity contribution in [2.45, 2.75) is 64.7 Å². The average molecular weight is 402 g/mol. The van der Waals surface area contributed by atoms with E-state index in [2.05, 4.69) is 0 Å². The Morgan fingerprint density at radius 3 is 2.52 bits per heavy atom. The van der Waals surface area contributed by atoms with Gasteiger partial charge in [0.1, 0.15) is 24.1 Å². The largest absolute Gasteiger partial charge is 0.458 e. The number of hydrogen-bond acceptors (Lipinski definition) is 5. The van der Waals surface area contributed by atoms with Crippen LogP contribution in [0.1, 0.15) is 45.6 Å². The zero-order chi connectivity index (χ0) is 19.3. The first-order chi connectivity index (χ1) is 12.3. The summed E-state index contributed by atoms with van der Waals surface area (Å²) in [5.74, 6) is -1.41. The first kappa shape index (κ1) is 23.4. The normalized spacial score (nSPS) is 26.2. The Bertz CT molecular complexity index is 623. The van der Waals surface area contributed by atoms with Crippen LogP contribution in [-0.2, 0) is 25.5 Å². The number of hydrogen-bond donors (Lipinski definition) is 1. The van der Waals surface area contributed by atoms with Gasteiger partial charge in [0, 0.05) is 5.92 Å². The summed E-state index contributed by atoms with van der Waals surface area (Å²) in [5.41, 5.74) is 6.81. The second-order valence-corrected chi connectivity index (χ2v) is 7.33. The molecule has 27 heavy (non-hydrogen) atoms. The van der Waals surface area contributed by atoms with E-state index in [1.54, 1.807) is 32.9 Å². The van der Waals surface area contributed by atoms with Gasteiger partial charge in [0.05, 0.1) is 5.92 Å². The predicted octanol–water partition coefficient (Wildman–Crippen LogP) is 3.42. The number of cyclic esters (lactones) is 1. The minimum atomic E-state index is -0.663. The van der Waals surface area contributed by atoms with Gasteiger partial charge in [0.15, 0.2) is 0 Å². The predicted molar refractivity (Wildman–Crippen MR) is 103 cm³/mol. The first-order valence-electron chi connectivity index (χ1n) is 9.19. The molecule has 0 amide bonds. The summed E-state index contributed by atoms with van der Waals surface area (Å²) in [5, 5.41) is 0. The Hall–Kier alpha value is -1.66. The lowest BCUT2D eigenvalue weighted by Gasteiger charge is -2.31. The molecule has 0 spiro atoms. The van der Waals surface area contributed by atoms with E-state index < -0.39 is 24.2 Å². The minimum Gasteiger partial charge on any atom is -0.458 e. The van der Waals surface area contributed by atoms with E-state index in [4.69, 9.17) is 15.2 Å². The fourth-order valence-electron chi connectivity index (χ4n) is 3.21. The van der Waals surface area contributed by atoms with Crippen molar-refractivity contribution in [2.24, 2.45) is 17.6 Å². The molecule has 5 nitrogen and oxygen atoms in total. The minimum absolute atomic E-state index is 0. The molecule has 2 rings (SSSR count). The smallest absolute Gasteiger partial charge is 0.323 e. The number of benzene rings is 1. The van der Waals surface area contributed by atoms with Crippen molar-refractivity contribution in [3.05, 3.63) is 35.6 Å². The third kappa shape index (κ3) is 6.78. The highest BCUT2D eigenvalue weighted by atomic mass is 35.5. The Balaban J connectivity index is 0.00000364. The van der Waals surface area contributed by atoms with E-state index in [1.165, 1.54) is 12.1 Å². The molecule has 0 saturated carbocycles. The van der Waals surface area contributed by atoms with Crippen LogP contribution < -0.4 is 5.73 Å². The monoisotopic (exact) mass is 401 g/mol. The molecule has 1 heterocycles. The summed E-state index contributed by atoms with van der Waals surface area (Å²) >= 11 is 0. The maximum Gasteiger partial charge on any atom is 0.323 e. The Kier molecular flexibility index (Phi) is 9.19. The Morgan fingerprint density at radius 2 is 1.93 bits per heavy atom. The second-order valence-electron chi connectivity index (χ2n) is 7.33. The van der Waals surface area contributed by atoms with Crippen molar-refractivity contribution in [3.8, 4) is 0 Å². The average Bonchev–Trinajstić information content (AvgIpc) is 2.63. The van der Waals surface area contributed by atoms with Gasteiger partial charge < -0.3 is 15.2 Å². The third-order valence-corrected chi connectivity index (χ3v) is 4.76. The second kappa shape index (κ2) is 10.6. The van der Waals surface area contributed by atoms with Crippen molar-refractivity contribution in [2.75, 3.05) is 0 Å². The van der Waals surface area contributed by atoms with E-state index in [-0.39, 0.29) is 36.0 Å². The summed E-state index contributed by atoms with van der Waals surface area (Å²) in [7, 11) is 0. The fraction of sp³-hybridized carbons (Fsp3) is 0.600. The maximum absolute atomic E-state index is 13.2. The quantitative estimate of drug-likeness (QED) is 0.782. The highest BCUT2D eigenvalue weighted by Gasteiger charge is 2.35. The van der Waals surface area contributed by atoms with Gasteiger partial charge in [-0.3, -0.25) is 9.59 Å². The molecule has 2 N–H and O–H groups in total. The molecule has 4 atom stereocenters. The van der Waals surface area contributed by atoms with Gasteiger partial charge in [0.2, 0.25) is 0 Å². The highest BCUT2D eigenvalue weighted by Crippen LogP contribution is 2.28. The zero-order valence-electron chi connectivity index (χ0n) is 16.0. The lowest BCUT2D eigenvalue weighted by Crippen LogP contribution is -2.42. The van der Waals surface area contributed by atoms with E-state index in [0.29, 0.717) is 12.8 Å². The van der Waals surface area contributed by atoms with Crippen LogP contribution in [0.3, 0.4) is 0 Å². The van der Waals surface area contributed by atoms with Crippen LogP contribution in [-0.4, -0.2) is 30.2 Å². The summed E-state index contributed by atoms with van der Waals surface area (Å²) in [6.07, 6.45) is 1.43. The molecule has 0 aliphatic carbocycles. The topological polar surface area (TPSA) is 78.6 Å². The number of ether oxygens (including phenoxy) is 2. The molecule has 7 heteroatoms. The standard InChI is InChI=1S/C20H28FNO4.ClH/c1-12(2)19(23)26-18-13(3)25-20(24)17(22)6-4-5-15(18)11-14-7-9-16(21)10-8-14;/h7-10,12-13,15,17-18H,4-6,11,22H2,1-3H3;1H/t13-,15+,17-,18-;/m0./s1. The molecule has 152 valence electrons. The molecule has 0 unspecified atom stereocenters. The number of carbonyl (C=O) groups is 2. The zero-order valence-corrected chi connectivity index (χ0v) is 16.8. The number of halogens is 2. The third-order valence-electron chi connectivity index (χ3n) is 4.76. The van der Waals surface area contributed by atoms with Crippen molar-refractivity contribution >= 4 is 24.3 Å². The number of rotatable bonds is 4. The van der Waals surface area contributed by atoms with Crippen molar-refractivity contribution < 1.29 is 23.5 Å². The van der Waals surface area contributed by atoms with Gasteiger partial charge >= 0.3 is 11.9 Å². The Labute approximate surface area is 166 Å². The van der Waals surface area contributed by atoms with E-state index in [0.717, 1.165) is 18.4 Å². The first-order valence-corrected chi connectivity index (χ1v) is 9.19. The molecule has 1 saturated heterocycles. The van der Waals surface area contributed by atoms with Crippen LogP contribution >= 0.6 is 12.4 Å². The van der Waals surface area contributed by atoms with Gasteiger partial charge in [-0.05, 0) is 43.9 Å². The van der Waals surface area contributed by atoms with Crippen LogP contribution in [0, 0.1) is 17.7 Å². The molecular weight excluding hydrogens is 373 g/mol. The lowest BCUT2D eigenvalue weighted by atomic mass is 9.86. The molecule has 1 fully saturated rings. The van der Waals surface area contributed by atoms with Crippen molar-refractivity contribution in [1.82, 2.24) is 0 Å². The summed E-state index contributed by atoms with van der Waals surface area (Å²) < 4.78 is 24.4. The Morgan fingerprint density at radius 1 is 1.30 bits per heavy atom. The molecule has 1 aromatic carbocycles. The summed E-state index contributed by atoms with van der Waals surface area (Å²) in [4.78, 5) is 24.3. The highest BCUT2D eigenvalue weighted by molar-refractivity contribution is 5.85. The number of esters is 2. The molecular formula is C20H29ClFNO4. The SMILES string of the molecule is CC(C)C(=O)O[C@@H]1[C@@H](Cc2ccc(F)cc2)CCC[C@H](N)C(=O)O[C@H]1C.Cl.